The largest absolute Gasteiger partial charge is 0.493 e. The first-order chi connectivity index (χ1) is 16.8. The van der Waals surface area contributed by atoms with E-state index in [0.29, 0.717) is 20.5 Å². The van der Waals surface area contributed by atoms with E-state index in [-0.39, 0.29) is 23.4 Å². The van der Waals surface area contributed by atoms with Crippen molar-refractivity contribution in [3.05, 3.63) is 67.1 Å². The van der Waals surface area contributed by atoms with Gasteiger partial charge >= 0.3 is 5.69 Å². The van der Waals surface area contributed by atoms with Crippen molar-refractivity contribution in [3.63, 3.8) is 0 Å². The second-order valence-corrected chi connectivity index (χ2v) is 9.70. The Balaban J connectivity index is 1.63. The molecule has 2 aromatic rings. The van der Waals surface area contributed by atoms with Gasteiger partial charge in [-0.3, -0.25) is 29.9 Å². The van der Waals surface area contributed by atoms with Crippen molar-refractivity contribution in [2.24, 2.45) is 0 Å². The molecule has 0 unspecified atom stereocenters. The zero-order valence-electron chi connectivity index (χ0n) is 18.7. The third-order valence-corrected chi connectivity index (χ3v) is 7.15. The van der Waals surface area contributed by atoms with Crippen LogP contribution in [0.15, 0.2) is 41.3 Å². The van der Waals surface area contributed by atoms with Gasteiger partial charge in [0.15, 0.2) is 11.5 Å². The molecule has 1 saturated heterocycles. The van der Waals surface area contributed by atoms with Crippen LogP contribution in [0.2, 0.25) is 0 Å². The lowest BCUT2D eigenvalue weighted by Crippen LogP contribution is -2.39. The number of benzene rings is 2. The summed E-state index contributed by atoms with van der Waals surface area (Å²) >= 11 is 6.73. The molecule has 12 heteroatoms. The zero-order valence-corrected chi connectivity index (χ0v) is 20.3. The zero-order chi connectivity index (χ0) is 25.1. The topological polar surface area (TPSA) is 125 Å². The molecule has 0 N–H and O–H groups in total. The summed E-state index contributed by atoms with van der Waals surface area (Å²) in [6, 6.07) is 8.16. The highest BCUT2D eigenvalue weighted by Gasteiger charge is 2.37. The molecule has 1 saturated carbocycles. The van der Waals surface area contributed by atoms with Crippen LogP contribution in [0.25, 0.3) is 6.08 Å². The van der Waals surface area contributed by atoms with Gasteiger partial charge in [0.1, 0.15) is 4.32 Å². The molecule has 0 atom stereocenters. The summed E-state index contributed by atoms with van der Waals surface area (Å²) in [7, 11) is 1.42. The van der Waals surface area contributed by atoms with E-state index in [1.807, 2.05) is 0 Å². The molecule has 182 valence electrons. The molecule has 10 nitrogen and oxygen atoms in total. The third kappa shape index (κ3) is 5.28. The maximum atomic E-state index is 13.1. The van der Waals surface area contributed by atoms with Gasteiger partial charge in [-0.25, -0.2) is 0 Å². The van der Waals surface area contributed by atoms with E-state index in [9.17, 15) is 25.0 Å². The van der Waals surface area contributed by atoms with Gasteiger partial charge in [0.2, 0.25) is 5.75 Å². The van der Waals surface area contributed by atoms with E-state index in [0.717, 1.165) is 43.9 Å². The van der Waals surface area contributed by atoms with Crippen LogP contribution in [-0.2, 0) is 4.79 Å². The number of thioether (sulfide) groups is 1. The molecule has 1 aliphatic heterocycles. The SMILES string of the molecule is COc1ccc(C=C2SC(=S)N(C3CCCCC3)C2=O)cc1Oc1ccc([N+](=O)[O-])cc1[N+](=O)[O-]. The normalized spacial score (nSPS) is 17.6. The number of hydrogen-bond donors (Lipinski definition) is 0. The Labute approximate surface area is 210 Å². The minimum Gasteiger partial charge on any atom is -0.493 e. The van der Waals surface area contributed by atoms with E-state index >= 15 is 0 Å². The molecule has 0 radical (unpaired) electrons. The molecular formula is C23H21N3O7S2. The van der Waals surface area contributed by atoms with Crippen LogP contribution in [0.3, 0.4) is 0 Å². The van der Waals surface area contributed by atoms with Crippen LogP contribution in [0.4, 0.5) is 11.4 Å². The molecule has 0 spiro atoms. The van der Waals surface area contributed by atoms with E-state index < -0.39 is 21.2 Å². The van der Waals surface area contributed by atoms with Crippen LogP contribution in [0.1, 0.15) is 37.7 Å². The Hall–Kier alpha value is -3.51. The molecular weight excluding hydrogens is 494 g/mol. The van der Waals surface area contributed by atoms with Crippen molar-refractivity contribution in [2.75, 3.05) is 7.11 Å². The quantitative estimate of drug-likeness (QED) is 0.193. The lowest BCUT2D eigenvalue weighted by molar-refractivity contribution is -0.394. The summed E-state index contributed by atoms with van der Waals surface area (Å²) in [6.45, 7) is 0. The standard InChI is InChI=1S/C23H21N3O7S2/c1-32-19-9-7-14(12-21-22(27)24(23(34)35-21)15-5-3-2-4-6-15)11-20(19)33-18-10-8-16(25(28)29)13-17(18)26(30)31/h7-13,15H,2-6H2,1H3. The van der Waals surface area contributed by atoms with Crippen LogP contribution in [0.5, 0.6) is 17.2 Å². The van der Waals surface area contributed by atoms with Crippen molar-refractivity contribution in [3.8, 4) is 17.2 Å². The number of carbonyl (C=O) groups excluding carboxylic acids is 1. The molecule has 1 heterocycles. The predicted octanol–water partition coefficient (Wildman–Crippen LogP) is 5.84. The maximum absolute atomic E-state index is 13.1. The summed E-state index contributed by atoms with van der Waals surface area (Å²) in [6.07, 6.45) is 6.90. The van der Waals surface area contributed by atoms with Gasteiger partial charge in [0, 0.05) is 12.1 Å². The Bertz CT molecular complexity index is 1240. The second kappa shape index (κ2) is 10.4. The number of nitro benzene ring substituents is 2. The van der Waals surface area contributed by atoms with E-state index in [4.69, 9.17) is 21.7 Å². The first-order valence-electron chi connectivity index (χ1n) is 10.8. The number of hydrogen-bond acceptors (Lipinski definition) is 9. The number of methoxy groups -OCH3 is 1. The van der Waals surface area contributed by atoms with Crippen LogP contribution < -0.4 is 9.47 Å². The first kappa shape index (κ1) is 24.6. The summed E-state index contributed by atoms with van der Waals surface area (Å²) in [5.74, 6) is 0.140. The molecule has 2 aromatic carbocycles. The van der Waals surface area contributed by atoms with Gasteiger partial charge in [-0.05, 0) is 42.7 Å². The van der Waals surface area contributed by atoms with Crippen LogP contribution in [0, 0.1) is 20.2 Å². The van der Waals surface area contributed by atoms with Crippen molar-refractivity contribution in [1.82, 2.24) is 4.90 Å². The summed E-state index contributed by atoms with van der Waals surface area (Å²) in [5.41, 5.74) is -0.376. The highest BCUT2D eigenvalue weighted by Crippen LogP contribution is 2.41. The molecule has 35 heavy (non-hydrogen) atoms. The summed E-state index contributed by atoms with van der Waals surface area (Å²) in [5, 5.41) is 22.5. The fourth-order valence-corrected chi connectivity index (χ4v) is 5.52. The van der Waals surface area contributed by atoms with Gasteiger partial charge in [0.05, 0.1) is 27.9 Å². The van der Waals surface area contributed by atoms with Crippen LogP contribution in [-0.4, -0.2) is 38.1 Å². The summed E-state index contributed by atoms with van der Waals surface area (Å²) < 4.78 is 11.6. The highest BCUT2D eigenvalue weighted by molar-refractivity contribution is 8.26. The number of carbonyl (C=O) groups is 1. The highest BCUT2D eigenvalue weighted by atomic mass is 32.2. The molecule has 4 rings (SSSR count). The minimum atomic E-state index is -0.755. The third-order valence-electron chi connectivity index (χ3n) is 5.82. The molecule has 2 fully saturated rings. The lowest BCUT2D eigenvalue weighted by Gasteiger charge is -2.29. The fraction of sp³-hybridized carbons (Fsp3) is 0.304. The number of amides is 1. The van der Waals surface area contributed by atoms with Crippen molar-refractivity contribution >= 4 is 51.7 Å². The van der Waals surface area contributed by atoms with Crippen molar-refractivity contribution in [1.29, 1.82) is 0 Å². The van der Waals surface area contributed by atoms with E-state index in [1.165, 1.54) is 25.3 Å². The fourth-order valence-electron chi connectivity index (χ4n) is 4.11. The Kier molecular flexibility index (Phi) is 7.31. The number of non-ortho nitro benzene ring substituents is 1. The Morgan fingerprint density at radius 3 is 2.40 bits per heavy atom. The van der Waals surface area contributed by atoms with Gasteiger partial charge in [-0.2, -0.15) is 0 Å². The predicted molar refractivity (Wildman–Crippen MR) is 135 cm³/mol. The Morgan fingerprint density at radius 1 is 1.03 bits per heavy atom. The Morgan fingerprint density at radius 2 is 1.74 bits per heavy atom. The lowest BCUT2D eigenvalue weighted by atomic mass is 9.94. The molecule has 1 amide bonds. The number of thiocarbonyl (C=S) groups is 1. The summed E-state index contributed by atoms with van der Waals surface area (Å²) in [4.78, 5) is 36.3. The van der Waals surface area contributed by atoms with Gasteiger partial charge in [-0.15, -0.1) is 0 Å². The molecule has 0 aromatic heterocycles. The number of nitro groups is 2. The van der Waals surface area contributed by atoms with Crippen molar-refractivity contribution < 1.29 is 24.1 Å². The average Bonchev–Trinajstić information content (AvgIpc) is 3.12. The minimum absolute atomic E-state index is 0.125. The number of nitrogens with zero attached hydrogens (tertiary/aromatic N) is 3. The van der Waals surface area contributed by atoms with Gasteiger partial charge in [-0.1, -0.05) is 49.3 Å². The van der Waals surface area contributed by atoms with E-state index in [1.54, 1.807) is 29.2 Å². The molecule has 1 aliphatic carbocycles. The number of rotatable bonds is 7. The maximum Gasteiger partial charge on any atom is 0.318 e. The first-order valence-corrected chi connectivity index (χ1v) is 12.1. The number of ether oxygens (including phenoxy) is 2. The average molecular weight is 516 g/mol. The van der Waals surface area contributed by atoms with Gasteiger partial charge in [0.25, 0.3) is 11.6 Å². The van der Waals surface area contributed by atoms with E-state index in [2.05, 4.69) is 0 Å². The molecule has 2 aliphatic rings. The molecule has 0 bridgehead atoms. The smallest absolute Gasteiger partial charge is 0.318 e. The van der Waals surface area contributed by atoms with Crippen molar-refractivity contribution in [2.45, 2.75) is 38.1 Å². The monoisotopic (exact) mass is 515 g/mol. The van der Waals surface area contributed by atoms with Gasteiger partial charge < -0.3 is 9.47 Å². The second-order valence-electron chi connectivity index (χ2n) is 8.02. The van der Waals surface area contributed by atoms with Crippen LogP contribution >= 0.6 is 24.0 Å².